The van der Waals surface area contributed by atoms with Gasteiger partial charge in [-0.05, 0) is 42.7 Å². The van der Waals surface area contributed by atoms with Crippen LogP contribution in [-0.4, -0.2) is 15.9 Å². The summed E-state index contributed by atoms with van der Waals surface area (Å²) < 4.78 is 13.8. The smallest absolute Gasteiger partial charge is 0.278 e. The zero-order valence-electron chi connectivity index (χ0n) is 14.1. The molecule has 0 aromatic heterocycles. The Balaban J connectivity index is 2.41. The van der Waals surface area contributed by atoms with Crippen molar-refractivity contribution in [3.05, 3.63) is 73.0 Å². The molecule has 0 spiro atoms. The minimum absolute atomic E-state index is 0.0195. The molecule has 26 heavy (non-hydrogen) atoms. The number of nitro groups is 1. The number of carbonyl (C=O) groups excluding carboxylic acids is 1. The number of carbonyl (C=O) groups is 1. The molecule has 1 atom stereocenters. The number of aryl methyl sites for hydroxylation is 1. The molecular weight excluding hydrogens is 363 g/mol. The fraction of sp³-hybridized carbons (Fsp3) is 0.278. The molecule has 1 aliphatic heterocycles. The number of nitro benzene ring substituents is 1. The van der Waals surface area contributed by atoms with E-state index in [0.717, 1.165) is 12.1 Å². The van der Waals surface area contributed by atoms with Crippen molar-refractivity contribution in [1.82, 2.24) is 5.32 Å². The summed E-state index contributed by atoms with van der Waals surface area (Å²) in [5.41, 5.74) is -1.80. The van der Waals surface area contributed by atoms with Gasteiger partial charge in [-0.1, -0.05) is 24.9 Å². The van der Waals surface area contributed by atoms with Gasteiger partial charge in [0.15, 0.2) is 5.72 Å². The van der Waals surface area contributed by atoms with Crippen LogP contribution in [-0.2, 0) is 12.1 Å². The van der Waals surface area contributed by atoms with E-state index in [9.17, 15) is 24.4 Å². The second-order valence-corrected chi connectivity index (χ2v) is 6.64. The van der Waals surface area contributed by atoms with Crippen LogP contribution in [0.1, 0.15) is 46.0 Å². The Labute approximate surface area is 153 Å². The summed E-state index contributed by atoms with van der Waals surface area (Å²) in [6.07, 6.45) is 1.21. The third-order valence-corrected chi connectivity index (χ3v) is 4.86. The summed E-state index contributed by atoms with van der Waals surface area (Å²) in [6.45, 7) is 3.59. The highest BCUT2D eigenvalue weighted by molar-refractivity contribution is 6.31. The lowest BCUT2D eigenvalue weighted by Gasteiger charge is -2.25. The maximum atomic E-state index is 13.8. The molecule has 3 rings (SSSR count). The Morgan fingerprint density at radius 2 is 2.08 bits per heavy atom. The van der Waals surface area contributed by atoms with Gasteiger partial charge < -0.3 is 10.4 Å². The van der Waals surface area contributed by atoms with Crippen LogP contribution in [0.15, 0.2) is 24.3 Å². The molecule has 0 aliphatic carbocycles. The summed E-state index contributed by atoms with van der Waals surface area (Å²) in [7, 11) is 0. The Bertz CT molecular complexity index is 947. The largest absolute Gasteiger partial charge is 0.363 e. The molecule has 1 heterocycles. The summed E-state index contributed by atoms with van der Waals surface area (Å²) in [6, 6.07) is 4.60. The van der Waals surface area contributed by atoms with E-state index in [1.807, 2.05) is 6.92 Å². The summed E-state index contributed by atoms with van der Waals surface area (Å²) in [4.78, 5) is 23.6. The Hall–Kier alpha value is -2.51. The highest BCUT2D eigenvalue weighted by Crippen LogP contribution is 2.45. The lowest BCUT2D eigenvalue weighted by Crippen LogP contribution is -2.40. The lowest BCUT2D eigenvalue weighted by atomic mass is 9.87. The van der Waals surface area contributed by atoms with Gasteiger partial charge in [0.1, 0.15) is 5.82 Å². The maximum absolute atomic E-state index is 13.8. The molecule has 8 heteroatoms. The van der Waals surface area contributed by atoms with Crippen LogP contribution in [0.2, 0.25) is 5.02 Å². The lowest BCUT2D eigenvalue weighted by molar-refractivity contribution is -0.386. The van der Waals surface area contributed by atoms with Gasteiger partial charge >= 0.3 is 0 Å². The third kappa shape index (κ3) is 2.64. The van der Waals surface area contributed by atoms with Gasteiger partial charge in [0, 0.05) is 16.7 Å². The molecule has 2 aromatic rings. The van der Waals surface area contributed by atoms with Gasteiger partial charge in [-0.2, -0.15) is 0 Å². The van der Waals surface area contributed by atoms with E-state index in [2.05, 4.69) is 5.32 Å². The predicted octanol–water partition coefficient (Wildman–Crippen LogP) is 3.59. The van der Waals surface area contributed by atoms with E-state index < -0.39 is 28.1 Å². The highest BCUT2D eigenvalue weighted by Gasteiger charge is 2.50. The van der Waals surface area contributed by atoms with Gasteiger partial charge in [0.05, 0.1) is 16.1 Å². The second-order valence-electron chi connectivity index (χ2n) is 6.24. The topological polar surface area (TPSA) is 92.5 Å². The number of benzene rings is 2. The van der Waals surface area contributed by atoms with Crippen LogP contribution in [0.4, 0.5) is 10.1 Å². The molecule has 1 aliphatic rings. The first kappa shape index (κ1) is 18.3. The van der Waals surface area contributed by atoms with Crippen molar-refractivity contribution >= 4 is 23.2 Å². The van der Waals surface area contributed by atoms with Crippen molar-refractivity contribution in [3.8, 4) is 0 Å². The fourth-order valence-corrected chi connectivity index (χ4v) is 3.69. The SMILES string of the molecule is CCCc1c(C)cc([N+](=O)[O-])c2c1C(=O)NC2(O)c1cc(F)ccc1Cl. The standard InChI is InChI=1S/C18H16ClFN2O4/c1-3-4-11-9(2)7-14(22(25)26)16-15(11)17(23)21-18(16,24)12-8-10(20)5-6-13(12)19/h5-8,24H,3-4H2,1-2H3,(H,21,23). The van der Waals surface area contributed by atoms with Crippen LogP contribution in [0.25, 0.3) is 0 Å². The molecule has 6 nitrogen and oxygen atoms in total. The van der Waals surface area contributed by atoms with Crippen LogP contribution in [0.3, 0.4) is 0 Å². The van der Waals surface area contributed by atoms with Crippen LogP contribution in [0.5, 0.6) is 0 Å². The van der Waals surface area contributed by atoms with E-state index in [1.54, 1.807) is 6.92 Å². The van der Waals surface area contributed by atoms with Gasteiger partial charge in [-0.3, -0.25) is 14.9 Å². The third-order valence-electron chi connectivity index (χ3n) is 4.54. The highest BCUT2D eigenvalue weighted by atomic mass is 35.5. The normalized spacial score (nSPS) is 18.6. The first-order valence-electron chi connectivity index (χ1n) is 8.02. The minimum Gasteiger partial charge on any atom is -0.363 e. The van der Waals surface area contributed by atoms with Crippen molar-refractivity contribution in [2.45, 2.75) is 32.4 Å². The zero-order valence-corrected chi connectivity index (χ0v) is 14.9. The molecule has 2 aromatic carbocycles. The molecule has 0 bridgehead atoms. The molecule has 0 saturated heterocycles. The van der Waals surface area contributed by atoms with Gasteiger partial charge in [-0.15, -0.1) is 0 Å². The molecule has 0 radical (unpaired) electrons. The van der Waals surface area contributed by atoms with E-state index in [0.29, 0.717) is 24.0 Å². The number of hydrogen-bond donors (Lipinski definition) is 2. The van der Waals surface area contributed by atoms with Crippen LogP contribution in [0, 0.1) is 22.9 Å². The number of halogens is 2. The molecule has 1 amide bonds. The summed E-state index contributed by atoms with van der Waals surface area (Å²) in [5.74, 6) is -1.35. The average Bonchev–Trinajstić information content (AvgIpc) is 2.84. The molecule has 0 fully saturated rings. The number of amides is 1. The first-order chi connectivity index (χ1) is 12.2. The predicted molar refractivity (Wildman–Crippen MR) is 93.7 cm³/mol. The molecular formula is C18H16ClFN2O4. The van der Waals surface area contributed by atoms with Gasteiger partial charge in [-0.25, -0.2) is 4.39 Å². The van der Waals surface area contributed by atoms with Crippen molar-refractivity contribution in [3.63, 3.8) is 0 Å². The number of nitrogens with one attached hydrogen (secondary N) is 1. The molecule has 0 saturated carbocycles. The van der Waals surface area contributed by atoms with Crippen LogP contribution >= 0.6 is 11.6 Å². The average molecular weight is 379 g/mol. The quantitative estimate of drug-likeness (QED) is 0.628. The van der Waals surface area contributed by atoms with Crippen molar-refractivity contribution < 1.29 is 19.2 Å². The number of nitrogens with zero attached hydrogens (tertiary/aromatic N) is 1. The maximum Gasteiger partial charge on any atom is 0.278 e. The van der Waals surface area contributed by atoms with E-state index >= 15 is 0 Å². The van der Waals surface area contributed by atoms with Crippen molar-refractivity contribution in [2.75, 3.05) is 0 Å². The van der Waals surface area contributed by atoms with Gasteiger partial charge in [0.2, 0.25) is 0 Å². The Morgan fingerprint density at radius 3 is 2.69 bits per heavy atom. The second kappa shape index (κ2) is 6.34. The fourth-order valence-electron chi connectivity index (χ4n) is 3.44. The summed E-state index contributed by atoms with van der Waals surface area (Å²) in [5, 5.41) is 25.2. The monoisotopic (exact) mass is 378 g/mol. The number of fused-ring (bicyclic) bond motifs is 1. The number of aliphatic hydroxyl groups is 1. The van der Waals surface area contributed by atoms with Crippen LogP contribution < -0.4 is 5.32 Å². The number of hydrogen-bond acceptors (Lipinski definition) is 4. The van der Waals surface area contributed by atoms with Gasteiger partial charge in [0.25, 0.3) is 11.6 Å². The first-order valence-corrected chi connectivity index (χ1v) is 8.40. The Morgan fingerprint density at radius 1 is 1.38 bits per heavy atom. The number of rotatable bonds is 4. The van der Waals surface area contributed by atoms with E-state index in [1.165, 1.54) is 12.1 Å². The van der Waals surface area contributed by atoms with E-state index in [4.69, 9.17) is 11.6 Å². The van der Waals surface area contributed by atoms with Crippen molar-refractivity contribution in [2.24, 2.45) is 0 Å². The van der Waals surface area contributed by atoms with E-state index in [-0.39, 0.29) is 21.7 Å². The van der Waals surface area contributed by atoms with Crippen molar-refractivity contribution in [1.29, 1.82) is 0 Å². The molecule has 136 valence electrons. The molecule has 1 unspecified atom stereocenters. The summed E-state index contributed by atoms with van der Waals surface area (Å²) >= 11 is 6.10. The zero-order chi connectivity index (χ0) is 19.2. The minimum atomic E-state index is -2.29. The molecule has 2 N–H and O–H groups in total. The Kier molecular flexibility index (Phi) is 4.46.